The van der Waals surface area contributed by atoms with Gasteiger partial charge in [0.05, 0.1) is 13.3 Å². The molecule has 4 heteroatoms. The van der Waals surface area contributed by atoms with Gasteiger partial charge in [-0.25, -0.2) is 0 Å². The molecule has 0 radical (unpaired) electrons. The zero-order valence-electron chi connectivity index (χ0n) is 13.7. The molecule has 0 rings (SSSR count). The number of hydrogen-bond donors (Lipinski definition) is 2. The molecule has 0 saturated heterocycles. The summed E-state index contributed by atoms with van der Waals surface area (Å²) in [5.74, 6) is 0. The molecule has 0 saturated carbocycles. The molecule has 122 valence electrons. The van der Waals surface area contributed by atoms with Crippen molar-refractivity contribution < 1.29 is 10.0 Å². The first-order valence-corrected chi connectivity index (χ1v) is 8.60. The van der Waals surface area contributed by atoms with E-state index in [2.05, 4.69) is 19.3 Å². The lowest BCUT2D eigenvalue weighted by atomic mass is 10.1. The van der Waals surface area contributed by atoms with Gasteiger partial charge >= 0.3 is 0 Å². The molecule has 0 unspecified atom stereocenters. The van der Waals surface area contributed by atoms with Crippen molar-refractivity contribution in [3.05, 3.63) is 0 Å². The predicted molar refractivity (Wildman–Crippen MR) is 84.6 cm³/mol. The van der Waals surface area contributed by atoms with Crippen LogP contribution in [-0.4, -0.2) is 30.1 Å². The third-order valence-corrected chi connectivity index (χ3v) is 3.53. The predicted octanol–water partition coefficient (Wildman–Crippen LogP) is 4.49. The van der Waals surface area contributed by atoms with E-state index in [0.29, 0.717) is 6.67 Å². The number of hydroxylamine groups is 3. The zero-order chi connectivity index (χ0) is 14.9. The molecule has 0 aromatic heterocycles. The minimum absolute atomic E-state index is 0.392. The SMILES string of the molecule is CCCCCCCCON(CCCCCCC)CNO. The summed E-state index contributed by atoms with van der Waals surface area (Å²) in [6.45, 7) is 6.52. The molecule has 0 bridgehead atoms. The maximum atomic E-state index is 8.81. The van der Waals surface area contributed by atoms with E-state index in [1.54, 1.807) is 0 Å². The molecule has 0 aliphatic rings. The van der Waals surface area contributed by atoms with Crippen LogP contribution >= 0.6 is 0 Å². The topological polar surface area (TPSA) is 44.7 Å². The van der Waals surface area contributed by atoms with E-state index in [0.717, 1.165) is 26.0 Å². The molecule has 20 heavy (non-hydrogen) atoms. The van der Waals surface area contributed by atoms with Gasteiger partial charge in [0.25, 0.3) is 0 Å². The van der Waals surface area contributed by atoms with Gasteiger partial charge in [-0.2, -0.15) is 10.5 Å². The summed E-state index contributed by atoms with van der Waals surface area (Å²) >= 11 is 0. The summed E-state index contributed by atoms with van der Waals surface area (Å²) in [5.41, 5.74) is 2.19. The highest BCUT2D eigenvalue weighted by Crippen LogP contribution is 2.07. The van der Waals surface area contributed by atoms with E-state index in [1.165, 1.54) is 57.8 Å². The molecule has 0 aromatic rings. The molecule has 0 aliphatic carbocycles. The quantitative estimate of drug-likeness (QED) is 0.249. The summed E-state index contributed by atoms with van der Waals surface area (Å²) in [7, 11) is 0. The Morgan fingerprint density at radius 1 is 0.800 bits per heavy atom. The molecular weight excluding hydrogens is 252 g/mol. The number of unbranched alkanes of at least 4 members (excludes halogenated alkanes) is 9. The molecule has 2 N–H and O–H groups in total. The number of rotatable bonds is 16. The average Bonchev–Trinajstić information content (AvgIpc) is 2.46. The first-order valence-electron chi connectivity index (χ1n) is 8.60. The fourth-order valence-corrected chi connectivity index (χ4v) is 2.24. The van der Waals surface area contributed by atoms with Crippen LogP contribution in [0.1, 0.15) is 84.5 Å². The summed E-state index contributed by atoms with van der Waals surface area (Å²) in [6.07, 6.45) is 13.9. The molecule has 0 fully saturated rings. The summed E-state index contributed by atoms with van der Waals surface area (Å²) in [4.78, 5) is 5.71. The second-order valence-electron chi connectivity index (χ2n) is 5.54. The first kappa shape index (κ1) is 19.8. The zero-order valence-corrected chi connectivity index (χ0v) is 13.7. The van der Waals surface area contributed by atoms with E-state index in [-0.39, 0.29) is 0 Å². The van der Waals surface area contributed by atoms with Crippen molar-refractivity contribution in [1.82, 2.24) is 10.5 Å². The van der Waals surface area contributed by atoms with Crippen molar-refractivity contribution in [3.63, 3.8) is 0 Å². The number of nitrogens with zero attached hydrogens (tertiary/aromatic N) is 1. The Hall–Kier alpha value is -0.160. The van der Waals surface area contributed by atoms with Gasteiger partial charge in [0, 0.05) is 6.54 Å². The third-order valence-electron chi connectivity index (χ3n) is 3.53. The van der Waals surface area contributed by atoms with Crippen LogP contribution in [0.15, 0.2) is 0 Å². The van der Waals surface area contributed by atoms with Gasteiger partial charge in [0.1, 0.15) is 0 Å². The van der Waals surface area contributed by atoms with Crippen LogP contribution in [0.3, 0.4) is 0 Å². The lowest BCUT2D eigenvalue weighted by Crippen LogP contribution is -2.34. The summed E-state index contributed by atoms with van der Waals surface area (Å²) in [5, 5.41) is 10.7. The molecule has 0 atom stereocenters. The lowest BCUT2D eigenvalue weighted by molar-refractivity contribution is -0.178. The third kappa shape index (κ3) is 14.3. The molecule has 0 spiro atoms. The molecule has 4 nitrogen and oxygen atoms in total. The van der Waals surface area contributed by atoms with Crippen LogP contribution in [0.2, 0.25) is 0 Å². The Morgan fingerprint density at radius 3 is 1.95 bits per heavy atom. The van der Waals surface area contributed by atoms with Crippen LogP contribution in [0.25, 0.3) is 0 Å². The smallest absolute Gasteiger partial charge is 0.0966 e. The van der Waals surface area contributed by atoms with Crippen molar-refractivity contribution in [1.29, 1.82) is 0 Å². The maximum Gasteiger partial charge on any atom is 0.0966 e. The van der Waals surface area contributed by atoms with E-state index in [9.17, 15) is 0 Å². The number of nitrogens with one attached hydrogen (secondary N) is 1. The fraction of sp³-hybridized carbons (Fsp3) is 1.00. The van der Waals surface area contributed by atoms with Crippen molar-refractivity contribution in [3.8, 4) is 0 Å². The van der Waals surface area contributed by atoms with Crippen molar-refractivity contribution in [2.45, 2.75) is 84.5 Å². The summed E-state index contributed by atoms with van der Waals surface area (Å²) in [6, 6.07) is 0. The van der Waals surface area contributed by atoms with Gasteiger partial charge in [-0.3, -0.25) is 4.84 Å². The standard InChI is InChI=1S/C16H36N2O2/c1-3-5-7-9-11-13-15-20-18(16-17-19)14-12-10-8-6-4-2/h17,19H,3-16H2,1-2H3. The minimum Gasteiger partial charge on any atom is -0.315 e. The van der Waals surface area contributed by atoms with Gasteiger partial charge < -0.3 is 5.21 Å². The van der Waals surface area contributed by atoms with Crippen molar-refractivity contribution in [2.24, 2.45) is 0 Å². The molecule has 0 aromatic carbocycles. The van der Waals surface area contributed by atoms with E-state index in [1.807, 2.05) is 5.06 Å². The van der Waals surface area contributed by atoms with Crippen molar-refractivity contribution >= 4 is 0 Å². The van der Waals surface area contributed by atoms with Crippen LogP contribution in [0, 0.1) is 0 Å². The highest BCUT2D eigenvalue weighted by Gasteiger charge is 2.04. The highest BCUT2D eigenvalue weighted by atomic mass is 16.7. The Balaban J connectivity index is 3.44. The largest absolute Gasteiger partial charge is 0.315 e. The average molecular weight is 288 g/mol. The van der Waals surface area contributed by atoms with Gasteiger partial charge in [-0.1, -0.05) is 71.6 Å². The lowest BCUT2D eigenvalue weighted by Gasteiger charge is -2.20. The molecular formula is C16H36N2O2. The summed E-state index contributed by atoms with van der Waals surface area (Å²) < 4.78 is 0. The highest BCUT2D eigenvalue weighted by molar-refractivity contribution is 4.48. The van der Waals surface area contributed by atoms with Gasteiger partial charge in [-0.05, 0) is 12.8 Å². The Bertz CT molecular complexity index is 180. The Morgan fingerprint density at radius 2 is 1.35 bits per heavy atom. The van der Waals surface area contributed by atoms with Gasteiger partial charge in [-0.15, -0.1) is 0 Å². The normalized spacial score (nSPS) is 11.4. The van der Waals surface area contributed by atoms with Crippen LogP contribution in [-0.2, 0) is 4.84 Å². The van der Waals surface area contributed by atoms with Gasteiger partial charge in [0.15, 0.2) is 0 Å². The minimum atomic E-state index is 0.392. The van der Waals surface area contributed by atoms with E-state index >= 15 is 0 Å². The maximum absolute atomic E-state index is 8.81. The van der Waals surface area contributed by atoms with E-state index in [4.69, 9.17) is 10.0 Å². The monoisotopic (exact) mass is 288 g/mol. The van der Waals surface area contributed by atoms with Crippen LogP contribution in [0.5, 0.6) is 0 Å². The number of hydrogen-bond acceptors (Lipinski definition) is 4. The second kappa shape index (κ2) is 16.9. The molecule has 0 aliphatic heterocycles. The van der Waals surface area contributed by atoms with Gasteiger partial charge in [0.2, 0.25) is 0 Å². The van der Waals surface area contributed by atoms with Crippen LogP contribution in [0.4, 0.5) is 0 Å². The Labute approximate surface area is 125 Å². The van der Waals surface area contributed by atoms with Crippen molar-refractivity contribution in [2.75, 3.05) is 19.8 Å². The van der Waals surface area contributed by atoms with Crippen LogP contribution < -0.4 is 5.48 Å². The molecule has 0 amide bonds. The second-order valence-corrected chi connectivity index (χ2v) is 5.54. The molecule has 0 heterocycles. The van der Waals surface area contributed by atoms with E-state index < -0.39 is 0 Å². The fourth-order valence-electron chi connectivity index (χ4n) is 2.24. The first-order chi connectivity index (χ1) is 9.85. The Kier molecular flexibility index (Phi) is 16.8.